The monoisotopic (exact) mass is 394 g/mol. The number of hydrogen-bond donors (Lipinski definition) is 2. The van der Waals surface area contributed by atoms with Crippen molar-refractivity contribution in [2.24, 2.45) is 0 Å². The molecule has 3 aromatic carbocycles. The van der Waals surface area contributed by atoms with Gasteiger partial charge in [-0.1, -0.05) is 29.8 Å². The van der Waals surface area contributed by atoms with Crippen molar-refractivity contribution in [3.8, 4) is 5.75 Å². The molecule has 142 valence electrons. The molecule has 0 spiro atoms. The fourth-order valence-electron chi connectivity index (χ4n) is 2.72. The third-order valence-electron chi connectivity index (χ3n) is 4.17. The zero-order valence-corrected chi connectivity index (χ0v) is 16.2. The molecule has 3 rings (SSSR count). The minimum absolute atomic E-state index is 0.191. The molecule has 0 atom stereocenters. The summed E-state index contributed by atoms with van der Waals surface area (Å²) in [6.45, 7) is 1.86. The first-order valence-corrected chi connectivity index (χ1v) is 8.97. The van der Waals surface area contributed by atoms with Crippen molar-refractivity contribution in [3.05, 3.63) is 88.4 Å². The molecule has 0 unspecified atom stereocenters. The number of benzene rings is 3. The molecule has 2 amide bonds. The molecule has 0 heterocycles. The minimum atomic E-state index is -0.333. The van der Waals surface area contributed by atoms with Crippen LogP contribution in [0.3, 0.4) is 0 Å². The van der Waals surface area contributed by atoms with Crippen LogP contribution >= 0.6 is 11.6 Å². The van der Waals surface area contributed by atoms with Gasteiger partial charge in [0.1, 0.15) is 5.75 Å². The smallest absolute Gasteiger partial charge is 0.259 e. The van der Waals surface area contributed by atoms with Gasteiger partial charge in [0.05, 0.1) is 12.7 Å². The standard InChI is InChI=1S/C22H19ClN2O3/c1-14-12-17(24-22(27)18-13-16(23)8-11-20(18)28-2)9-10-19(14)25-21(26)15-6-4-3-5-7-15/h3-13H,1-2H3,(H,24,27)(H,25,26). The molecule has 5 nitrogen and oxygen atoms in total. The molecular formula is C22H19ClN2O3. The summed E-state index contributed by atoms with van der Waals surface area (Å²) in [6, 6.07) is 19.1. The SMILES string of the molecule is COc1ccc(Cl)cc1C(=O)Nc1ccc(NC(=O)c2ccccc2)c(C)c1. The number of anilines is 2. The second kappa shape index (κ2) is 8.59. The Morgan fingerprint density at radius 1 is 0.893 bits per heavy atom. The van der Waals surface area contributed by atoms with Gasteiger partial charge < -0.3 is 15.4 Å². The summed E-state index contributed by atoms with van der Waals surface area (Å²) in [5, 5.41) is 6.14. The molecule has 28 heavy (non-hydrogen) atoms. The van der Waals surface area contributed by atoms with E-state index in [2.05, 4.69) is 10.6 Å². The Kier molecular flexibility index (Phi) is 5.96. The highest BCUT2D eigenvalue weighted by Crippen LogP contribution is 2.25. The van der Waals surface area contributed by atoms with E-state index in [1.165, 1.54) is 7.11 Å². The van der Waals surface area contributed by atoms with Crippen LogP contribution in [0.1, 0.15) is 26.3 Å². The molecule has 0 aliphatic carbocycles. The van der Waals surface area contributed by atoms with Gasteiger partial charge in [0.15, 0.2) is 0 Å². The van der Waals surface area contributed by atoms with Crippen LogP contribution < -0.4 is 15.4 Å². The van der Waals surface area contributed by atoms with Crippen LogP contribution in [-0.4, -0.2) is 18.9 Å². The number of carbonyl (C=O) groups is 2. The Bertz CT molecular complexity index is 1020. The first kappa shape index (κ1) is 19.5. The summed E-state index contributed by atoms with van der Waals surface area (Å²) in [5.74, 6) is -0.0886. The average Bonchev–Trinajstić information content (AvgIpc) is 2.70. The van der Waals surface area contributed by atoms with Gasteiger partial charge in [-0.3, -0.25) is 9.59 Å². The van der Waals surface area contributed by atoms with Crippen molar-refractivity contribution in [3.63, 3.8) is 0 Å². The van der Waals surface area contributed by atoms with Gasteiger partial charge in [0, 0.05) is 22.0 Å². The third-order valence-corrected chi connectivity index (χ3v) is 4.41. The number of amides is 2. The van der Waals surface area contributed by atoms with Crippen molar-refractivity contribution in [2.75, 3.05) is 17.7 Å². The second-order valence-electron chi connectivity index (χ2n) is 6.15. The number of aryl methyl sites for hydroxylation is 1. The Morgan fingerprint density at radius 3 is 2.32 bits per heavy atom. The van der Waals surface area contributed by atoms with Gasteiger partial charge in [-0.2, -0.15) is 0 Å². The molecule has 0 radical (unpaired) electrons. The lowest BCUT2D eigenvalue weighted by Crippen LogP contribution is -2.15. The van der Waals surface area contributed by atoms with Crippen LogP contribution in [0.5, 0.6) is 5.75 Å². The maximum atomic E-state index is 12.6. The minimum Gasteiger partial charge on any atom is -0.496 e. The summed E-state index contributed by atoms with van der Waals surface area (Å²) in [4.78, 5) is 24.9. The average molecular weight is 395 g/mol. The Morgan fingerprint density at radius 2 is 1.64 bits per heavy atom. The summed E-state index contributed by atoms with van der Waals surface area (Å²) in [7, 11) is 1.49. The van der Waals surface area contributed by atoms with Crippen LogP contribution in [0, 0.1) is 6.92 Å². The predicted octanol–water partition coefficient (Wildman–Crippen LogP) is 5.16. The van der Waals surface area contributed by atoms with E-state index in [1.807, 2.05) is 25.1 Å². The topological polar surface area (TPSA) is 67.4 Å². The van der Waals surface area contributed by atoms with E-state index in [1.54, 1.807) is 48.5 Å². The van der Waals surface area contributed by atoms with Gasteiger partial charge >= 0.3 is 0 Å². The van der Waals surface area contributed by atoms with Crippen molar-refractivity contribution in [1.82, 2.24) is 0 Å². The maximum Gasteiger partial charge on any atom is 0.259 e. The van der Waals surface area contributed by atoms with Crippen molar-refractivity contribution >= 4 is 34.8 Å². The number of carbonyl (C=O) groups excluding carboxylic acids is 2. The molecule has 0 aromatic heterocycles. The number of hydrogen-bond acceptors (Lipinski definition) is 3. The van der Waals surface area contributed by atoms with Crippen LogP contribution in [0.4, 0.5) is 11.4 Å². The molecule has 0 saturated carbocycles. The van der Waals surface area contributed by atoms with Gasteiger partial charge in [0.25, 0.3) is 11.8 Å². The largest absolute Gasteiger partial charge is 0.496 e. The van der Waals surface area contributed by atoms with E-state index in [-0.39, 0.29) is 11.8 Å². The molecule has 3 aromatic rings. The van der Waals surface area contributed by atoms with Crippen molar-refractivity contribution < 1.29 is 14.3 Å². The predicted molar refractivity (Wildman–Crippen MR) is 112 cm³/mol. The van der Waals surface area contributed by atoms with Crippen molar-refractivity contribution in [2.45, 2.75) is 6.92 Å². The molecule has 0 aliphatic rings. The third kappa shape index (κ3) is 4.50. The quantitative estimate of drug-likeness (QED) is 0.628. The zero-order valence-electron chi connectivity index (χ0n) is 15.5. The van der Waals surface area contributed by atoms with E-state index < -0.39 is 0 Å². The maximum absolute atomic E-state index is 12.6. The number of nitrogens with one attached hydrogen (secondary N) is 2. The van der Waals surface area contributed by atoms with Crippen LogP contribution in [0.2, 0.25) is 5.02 Å². The summed E-state index contributed by atoms with van der Waals surface area (Å²) < 4.78 is 5.22. The second-order valence-corrected chi connectivity index (χ2v) is 6.59. The van der Waals surface area contributed by atoms with E-state index >= 15 is 0 Å². The summed E-state index contributed by atoms with van der Waals surface area (Å²) in [6.07, 6.45) is 0. The molecular weight excluding hydrogens is 376 g/mol. The number of rotatable bonds is 5. The lowest BCUT2D eigenvalue weighted by Gasteiger charge is -2.13. The Labute approximate surface area is 168 Å². The lowest BCUT2D eigenvalue weighted by molar-refractivity contribution is 0.101. The van der Waals surface area contributed by atoms with E-state index in [4.69, 9.17) is 16.3 Å². The van der Waals surface area contributed by atoms with Gasteiger partial charge in [-0.05, 0) is 61.0 Å². The van der Waals surface area contributed by atoms with Crippen LogP contribution in [0.25, 0.3) is 0 Å². The van der Waals surface area contributed by atoms with Gasteiger partial charge in [0.2, 0.25) is 0 Å². The van der Waals surface area contributed by atoms with Crippen LogP contribution in [0.15, 0.2) is 66.7 Å². The molecule has 0 aliphatic heterocycles. The fraction of sp³-hybridized carbons (Fsp3) is 0.0909. The fourth-order valence-corrected chi connectivity index (χ4v) is 2.89. The highest BCUT2D eigenvalue weighted by Gasteiger charge is 2.14. The normalized spacial score (nSPS) is 10.2. The molecule has 0 saturated heterocycles. The first-order valence-electron chi connectivity index (χ1n) is 8.60. The van der Waals surface area contributed by atoms with Gasteiger partial charge in [-0.25, -0.2) is 0 Å². The molecule has 2 N–H and O–H groups in total. The summed E-state index contributed by atoms with van der Waals surface area (Å²) >= 11 is 5.99. The summed E-state index contributed by atoms with van der Waals surface area (Å²) in [5.41, 5.74) is 3.01. The molecule has 6 heteroatoms. The Hall–Kier alpha value is -3.31. The van der Waals surface area contributed by atoms with E-state index in [9.17, 15) is 9.59 Å². The zero-order chi connectivity index (χ0) is 20.1. The van der Waals surface area contributed by atoms with Gasteiger partial charge in [-0.15, -0.1) is 0 Å². The number of ether oxygens (including phenoxy) is 1. The van der Waals surface area contributed by atoms with Crippen molar-refractivity contribution in [1.29, 1.82) is 0 Å². The highest BCUT2D eigenvalue weighted by atomic mass is 35.5. The first-order chi connectivity index (χ1) is 13.5. The highest BCUT2D eigenvalue weighted by molar-refractivity contribution is 6.31. The van der Waals surface area contributed by atoms with E-state index in [0.717, 1.165) is 5.56 Å². The molecule has 0 fully saturated rings. The lowest BCUT2D eigenvalue weighted by atomic mass is 10.1. The van der Waals surface area contributed by atoms with Crippen LogP contribution in [-0.2, 0) is 0 Å². The Balaban J connectivity index is 1.75. The molecule has 0 bridgehead atoms. The number of methoxy groups -OCH3 is 1. The van der Waals surface area contributed by atoms with E-state index in [0.29, 0.717) is 33.3 Å². The number of halogens is 1.